The molecule has 1 heterocycles. The minimum absolute atomic E-state index is 0.0459. The lowest BCUT2D eigenvalue weighted by molar-refractivity contribution is 0.523. The van der Waals surface area contributed by atoms with E-state index in [0.29, 0.717) is 4.21 Å². The normalized spacial score (nSPS) is 25.3. The van der Waals surface area contributed by atoms with Crippen LogP contribution in [0.2, 0.25) is 0 Å². The van der Waals surface area contributed by atoms with Crippen LogP contribution in [0.25, 0.3) is 0 Å². The van der Waals surface area contributed by atoms with E-state index in [2.05, 4.69) is 4.72 Å². The molecule has 17 heavy (non-hydrogen) atoms. The average Bonchev–Trinajstić information content (AvgIpc) is 2.88. The monoisotopic (exact) mass is 274 g/mol. The first kappa shape index (κ1) is 13.0. The van der Waals surface area contributed by atoms with E-state index in [0.717, 1.165) is 30.6 Å². The van der Waals surface area contributed by atoms with Gasteiger partial charge >= 0.3 is 0 Å². The Balaban J connectivity index is 2.13. The van der Waals surface area contributed by atoms with Gasteiger partial charge < -0.3 is 5.73 Å². The minimum Gasteiger partial charge on any atom is -0.326 e. The lowest BCUT2D eigenvalue weighted by Gasteiger charge is -2.16. The third-order valence-corrected chi connectivity index (χ3v) is 6.34. The highest BCUT2D eigenvalue weighted by Gasteiger charge is 2.29. The van der Waals surface area contributed by atoms with Gasteiger partial charge in [0.25, 0.3) is 0 Å². The van der Waals surface area contributed by atoms with E-state index in [9.17, 15) is 8.42 Å². The standard InChI is InChI=1S/C11H18N2O2S2/c1-2-8-6-7-11(16-8)17(14,15)13-10-5-3-4-9(10)12/h6-7,9-10,13H,2-5,12H2,1H3. The molecule has 1 aromatic rings. The van der Waals surface area contributed by atoms with E-state index in [4.69, 9.17) is 5.73 Å². The number of nitrogens with two attached hydrogens (primary N) is 1. The van der Waals surface area contributed by atoms with Gasteiger partial charge in [0.2, 0.25) is 10.0 Å². The summed E-state index contributed by atoms with van der Waals surface area (Å²) in [6.45, 7) is 2.02. The zero-order valence-electron chi connectivity index (χ0n) is 9.85. The van der Waals surface area contributed by atoms with Gasteiger partial charge in [-0.3, -0.25) is 0 Å². The largest absolute Gasteiger partial charge is 0.326 e. The van der Waals surface area contributed by atoms with Crippen molar-refractivity contribution in [1.82, 2.24) is 4.72 Å². The summed E-state index contributed by atoms with van der Waals surface area (Å²) in [6.07, 6.45) is 3.60. The van der Waals surface area contributed by atoms with Crippen LogP contribution < -0.4 is 10.5 Å². The number of nitrogens with one attached hydrogen (secondary N) is 1. The number of thiophene rings is 1. The van der Waals surface area contributed by atoms with Gasteiger partial charge in [-0.25, -0.2) is 13.1 Å². The van der Waals surface area contributed by atoms with Crippen molar-refractivity contribution in [3.05, 3.63) is 17.0 Å². The van der Waals surface area contributed by atoms with E-state index >= 15 is 0 Å². The molecule has 1 aromatic heterocycles. The second kappa shape index (κ2) is 5.06. The van der Waals surface area contributed by atoms with Crippen LogP contribution in [0.5, 0.6) is 0 Å². The zero-order chi connectivity index (χ0) is 12.5. The number of rotatable bonds is 4. The molecule has 0 bridgehead atoms. The van der Waals surface area contributed by atoms with Crippen molar-refractivity contribution in [3.8, 4) is 0 Å². The molecule has 0 aromatic carbocycles. The minimum atomic E-state index is -3.38. The van der Waals surface area contributed by atoms with Gasteiger partial charge in [-0.05, 0) is 31.4 Å². The Morgan fingerprint density at radius 2 is 2.24 bits per heavy atom. The predicted octanol–water partition coefficient (Wildman–Crippen LogP) is 1.47. The Morgan fingerprint density at radius 1 is 1.47 bits per heavy atom. The molecule has 0 spiro atoms. The summed E-state index contributed by atoms with van der Waals surface area (Å²) in [7, 11) is -3.38. The first-order valence-electron chi connectivity index (χ1n) is 5.89. The van der Waals surface area contributed by atoms with Crippen LogP contribution in [-0.2, 0) is 16.4 Å². The fraction of sp³-hybridized carbons (Fsp3) is 0.636. The first-order valence-corrected chi connectivity index (χ1v) is 8.19. The molecule has 0 aliphatic heterocycles. The molecule has 1 aliphatic carbocycles. The second-order valence-corrected chi connectivity index (χ2v) is 7.51. The van der Waals surface area contributed by atoms with Gasteiger partial charge in [0.1, 0.15) is 4.21 Å². The van der Waals surface area contributed by atoms with Gasteiger partial charge in [0.05, 0.1) is 0 Å². The molecule has 0 radical (unpaired) electrons. The molecule has 1 fully saturated rings. The summed E-state index contributed by atoms with van der Waals surface area (Å²) < 4.78 is 27.3. The van der Waals surface area contributed by atoms with Crippen LogP contribution >= 0.6 is 11.3 Å². The molecule has 1 aliphatic rings. The van der Waals surface area contributed by atoms with Gasteiger partial charge in [-0.1, -0.05) is 13.3 Å². The smallest absolute Gasteiger partial charge is 0.250 e. The van der Waals surface area contributed by atoms with Crippen molar-refractivity contribution in [2.24, 2.45) is 5.73 Å². The molecule has 0 amide bonds. The summed E-state index contributed by atoms with van der Waals surface area (Å²) in [6, 6.07) is 3.39. The second-order valence-electron chi connectivity index (χ2n) is 4.40. The summed E-state index contributed by atoms with van der Waals surface area (Å²) in [4.78, 5) is 1.08. The third kappa shape index (κ3) is 2.88. The molecular formula is C11H18N2O2S2. The molecule has 96 valence electrons. The summed E-state index contributed by atoms with van der Waals surface area (Å²) in [5, 5.41) is 0. The van der Waals surface area contributed by atoms with Crippen LogP contribution in [-0.4, -0.2) is 20.5 Å². The maximum atomic E-state index is 12.1. The van der Waals surface area contributed by atoms with Crippen LogP contribution in [0.3, 0.4) is 0 Å². The van der Waals surface area contributed by atoms with E-state index in [1.54, 1.807) is 6.07 Å². The lowest BCUT2D eigenvalue weighted by Crippen LogP contribution is -2.43. The maximum Gasteiger partial charge on any atom is 0.250 e. The Labute approximate surface area is 106 Å². The lowest BCUT2D eigenvalue weighted by atomic mass is 10.2. The van der Waals surface area contributed by atoms with Gasteiger partial charge in [0, 0.05) is 17.0 Å². The quantitative estimate of drug-likeness (QED) is 0.873. The van der Waals surface area contributed by atoms with Crippen molar-refractivity contribution in [2.75, 3.05) is 0 Å². The Kier molecular flexibility index (Phi) is 3.87. The zero-order valence-corrected chi connectivity index (χ0v) is 11.5. The molecule has 0 saturated heterocycles. The highest BCUT2D eigenvalue weighted by atomic mass is 32.2. The molecule has 2 rings (SSSR count). The van der Waals surface area contributed by atoms with E-state index in [-0.39, 0.29) is 12.1 Å². The van der Waals surface area contributed by atoms with Crippen LogP contribution in [0.15, 0.2) is 16.3 Å². The molecule has 2 unspecified atom stereocenters. The summed E-state index contributed by atoms with van der Waals surface area (Å²) >= 11 is 1.33. The number of hydrogen-bond acceptors (Lipinski definition) is 4. The van der Waals surface area contributed by atoms with Gasteiger partial charge in [-0.2, -0.15) is 0 Å². The SMILES string of the molecule is CCc1ccc(S(=O)(=O)NC2CCCC2N)s1. The fourth-order valence-electron chi connectivity index (χ4n) is 2.09. The maximum absolute atomic E-state index is 12.1. The fourth-order valence-corrected chi connectivity index (χ4v) is 4.72. The molecule has 1 saturated carbocycles. The Morgan fingerprint density at radius 3 is 2.76 bits per heavy atom. The highest BCUT2D eigenvalue weighted by Crippen LogP contribution is 2.24. The molecular weight excluding hydrogens is 256 g/mol. The van der Waals surface area contributed by atoms with Gasteiger partial charge in [0.15, 0.2) is 0 Å². The topological polar surface area (TPSA) is 72.2 Å². The summed E-state index contributed by atoms with van der Waals surface area (Å²) in [5.74, 6) is 0. The Hall–Kier alpha value is -0.430. The molecule has 4 nitrogen and oxygen atoms in total. The van der Waals surface area contributed by atoms with Crippen LogP contribution in [0, 0.1) is 0 Å². The van der Waals surface area contributed by atoms with Crippen molar-refractivity contribution in [3.63, 3.8) is 0 Å². The number of sulfonamides is 1. The molecule has 3 N–H and O–H groups in total. The number of hydrogen-bond donors (Lipinski definition) is 2. The van der Waals surface area contributed by atoms with Gasteiger partial charge in [-0.15, -0.1) is 11.3 Å². The van der Waals surface area contributed by atoms with Crippen molar-refractivity contribution in [2.45, 2.75) is 48.9 Å². The molecule has 2 atom stereocenters. The van der Waals surface area contributed by atoms with E-state index < -0.39 is 10.0 Å². The van der Waals surface area contributed by atoms with E-state index in [1.807, 2.05) is 13.0 Å². The Bertz CT molecular complexity index is 481. The van der Waals surface area contributed by atoms with Crippen molar-refractivity contribution < 1.29 is 8.42 Å². The third-order valence-electron chi connectivity index (χ3n) is 3.13. The van der Waals surface area contributed by atoms with Crippen LogP contribution in [0.4, 0.5) is 0 Å². The predicted molar refractivity (Wildman–Crippen MR) is 69.6 cm³/mol. The van der Waals surface area contributed by atoms with E-state index in [1.165, 1.54) is 11.3 Å². The van der Waals surface area contributed by atoms with Crippen molar-refractivity contribution in [1.29, 1.82) is 0 Å². The average molecular weight is 274 g/mol. The summed E-state index contributed by atoms with van der Waals surface area (Å²) in [5.41, 5.74) is 5.87. The molecule has 6 heteroatoms. The van der Waals surface area contributed by atoms with Crippen LogP contribution in [0.1, 0.15) is 31.1 Å². The highest BCUT2D eigenvalue weighted by molar-refractivity contribution is 7.91. The van der Waals surface area contributed by atoms with Crippen molar-refractivity contribution >= 4 is 21.4 Å². The first-order chi connectivity index (χ1) is 8.03. The number of aryl methyl sites for hydroxylation is 1.